The van der Waals surface area contributed by atoms with E-state index in [-0.39, 0.29) is 0 Å². The van der Waals surface area contributed by atoms with Crippen LogP contribution in [0.3, 0.4) is 0 Å². The van der Waals surface area contributed by atoms with E-state index in [2.05, 4.69) is 0 Å². The van der Waals surface area contributed by atoms with Gasteiger partial charge in [-0.25, -0.2) is 4.39 Å². The van der Waals surface area contributed by atoms with Gasteiger partial charge in [0.25, 0.3) is 11.2 Å². The summed E-state index contributed by atoms with van der Waals surface area (Å²) in [6, 6.07) is 0. The first kappa shape index (κ1) is 9.53. The molecule has 1 aliphatic rings. The average molecular weight is 205 g/mol. The van der Waals surface area contributed by atoms with Gasteiger partial charge in [0.05, 0.1) is 0 Å². The Morgan fingerprint density at radius 2 is 1.58 bits per heavy atom. The zero-order valence-electron chi connectivity index (χ0n) is 5.32. The summed E-state index contributed by atoms with van der Waals surface area (Å²) in [7, 11) is 0. The van der Waals surface area contributed by atoms with E-state index in [0.29, 0.717) is 0 Å². The number of hydrogen-bond donors (Lipinski definition) is 1. The fourth-order valence-corrected chi connectivity index (χ4v) is 1.33. The number of alkyl halides is 1. The first-order valence-corrected chi connectivity index (χ1v) is 3.88. The van der Waals surface area contributed by atoms with Crippen molar-refractivity contribution < 1.29 is 26.5 Å². The van der Waals surface area contributed by atoms with Crippen molar-refractivity contribution in [2.75, 3.05) is 0 Å². The van der Waals surface area contributed by atoms with Gasteiger partial charge in [-0.2, -0.15) is 17.7 Å². The minimum atomic E-state index is -2.86. The van der Waals surface area contributed by atoms with Crippen LogP contribution < -0.4 is 0 Å². The Bertz CT molecular complexity index is 245. The van der Waals surface area contributed by atoms with Crippen LogP contribution in [-0.2, 0) is 11.2 Å². The van der Waals surface area contributed by atoms with Gasteiger partial charge < -0.3 is 0 Å². The number of allylic oxidation sites excluding steroid dienone is 2. The van der Waals surface area contributed by atoms with Gasteiger partial charge in [-0.1, -0.05) is 0 Å². The maximum Gasteiger partial charge on any atom is 0.378 e. The van der Waals surface area contributed by atoms with Crippen molar-refractivity contribution in [3.8, 4) is 0 Å². The predicted molar refractivity (Wildman–Crippen MR) is 33.4 cm³/mol. The molecule has 1 nitrogen and oxygen atoms in total. The zero-order chi connectivity index (χ0) is 9.46. The lowest BCUT2D eigenvalue weighted by atomic mass is 10.4. The Kier molecular flexibility index (Phi) is 2.43. The number of halogens is 5. The third kappa shape index (κ3) is 1.22. The van der Waals surface area contributed by atoms with Crippen LogP contribution in [0.4, 0.5) is 22.0 Å². The lowest BCUT2D eigenvalue weighted by Crippen LogP contribution is -2.22. The van der Waals surface area contributed by atoms with E-state index < -0.39 is 39.3 Å². The molecule has 12 heavy (non-hydrogen) atoms. The molecule has 1 heterocycles. The van der Waals surface area contributed by atoms with Crippen molar-refractivity contribution in [3.05, 3.63) is 22.6 Å². The molecule has 0 radical (unpaired) electrons. The number of rotatable bonds is 0. The lowest BCUT2D eigenvalue weighted by Gasteiger charge is -2.07. The molecule has 1 rings (SSSR count). The molecule has 0 saturated carbocycles. The fourth-order valence-electron chi connectivity index (χ4n) is 0.571. The van der Waals surface area contributed by atoms with E-state index >= 15 is 0 Å². The summed E-state index contributed by atoms with van der Waals surface area (Å²) >= 11 is -2.86. The van der Waals surface area contributed by atoms with Crippen LogP contribution in [0.5, 0.6) is 0 Å². The second-order valence-electron chi connectivity index (χ2n) is 1.88. The highest BCUT2D eigenvalue weighted by atomic mass is 32.2. The van der Waals surface area contributed by atoms with Crippen LogP contribution in [-0.4, -0.2) is 10.1 Å². The molecule has 0 amide bonds. The van der Waals surface area contributed by atoms with Crippen molar-refractivity contribution in [2.45, 2.75) is 5.50 Å². The molecule has 0 saturated heterocycles. The van der Waals surface area contributed by atoms with Gasteiger partial charge in [-0.15, -0.1) is 4.39 Å². The molecule has 2 atom stereocenters. The van der Waals surface area contributed by atoms with E-state index in [1.165, 1.54) is 0 Å². The summed E-state index contributed by atoms with van der Waals surface area (Å²) in [5.41, 5.74) is -2.84. The lowest BCUT2D eigenvalue weighted by molar-refractivity contribution is 0.363. The molecule has 0 bridgehead atoms. The molecule has 0 aromatic heterocycles. The average Bonchev–Trinajstić information content (AvgIpc) is 2.08. The van der Waals surface area contributed by atoms with Crippen LogP contribution in [0, 0.1) is 0 Å². The van der Waals surface area contributed by atoms with Gasteiger partial charge in [-0.3, -0.25) is 0 Å². The van der Waals surface area contributed by atoms with E-state index in [1.807, 2.05) is 0 Å². The third-order valence-corrected chi connectivity index (χ3v) is 2.30. The molecular weight excluding hydrogens is 203 g/mol. The molecular formula is C5H2F5OS+. The third-order valence-electron chi connectivity index (χ3n) is 1.15. The van der Waals surface area contributed by atoms with E-state index in [1.54, 1.807) is 0 Å². The Hall–Kier alpha value is -0.560. The summed E-state index contributed by atoms with van der Waals surface area (Å²) in [5, 5.41) is -2.00. The van der Waals surface area contributed by atoms with E-state index in [4.69, 9.17) is 4.55 Å². The second-order valence-corrected chi connectivity index (χ2v) is 3.28. The van der Waals surface area contributed by atoms with Crippen LogP contribution >= 0.6 is 0 Å². The van der Waals surface area contributed by atoms with Crippen LogP contribution in [0.2, 0.25) is 0 Å². The standard InChI is InChI=1S/C5H2F5OS/c6-1-2(7)4(9)12(11)5(10)3(1)8/h4,11H/q+1. The summed E-state index contributed by atoms with van der Waals surface area (Å²) in [4.78, 5) is 0. The van der Waals surface area contributed by atoms with Gasteiger partial charge in [0, 0.05) is 0 Å². The summed E-state index contributed by atoms with van der Waals surface area (Å²) in [5.74, 6) is -6.51. The summed E-state index contributed by atoms with van der Waals surface area (Å²) < 4.78 is 69.4. The van der Waals surface area contributed by atoms with Crippen molar-refractivity contribution in [3.63, 3.8) is 0 Å². The topological polar surface area (TPSA) is 20.2 Å². The van der Waals surface area contributed by atoms with Crippen LogP contribution in [0.1, 0.15) is 0 Å². The smallest absolute Gasteiger partial charge is 0.200 e. The van der Waals surface area contributed by atoms with Crippen molar-refractivity contribution in [1.29, 1.82) is 0 Å². The minimum absolute atomic E-state index is 2.00. The quantitative estimate of drug-likeness (QED) is 0.476. The van der Waals surface area contributed by atoms with Crippen LogP contribution in [0.25, 0.3) is 0 Å². The zero-order valence-corrected chi connectivity index (χ0v) is 6.14. The van der Waals surface area contributed by atoms with Crippen molar-refractivity contribution in [2.24, 2.45) is 0 Å². The van der Waals surface area contributed by atoms with E-state index in [0.717, 1.165) is 0 Å². The molecule has 2 unspecified atom stereocenters. The monoisotopic (exact) mass is 205 g/mol. The van der Waals surface area contributed by atoms with Gasteiger partial charge in [-0.05, 0) is 0 Å². The van der Waals surface area contributed by atoms with Crippen molar-refractivity contribution in [1.82, 2.24) is 0 Å². The first-order valence-electron chi connectivity index (χ1n) is 2.64. The van der Waals surface area contributed by atoms with Gasteiger partial charge in [0.15, 0.2) is 0 Å². The van der Waals surface area contributed by atoms with E-state index in [9.17, 15) is 22.0 Å². The molecule has 0 spiro atoms. The normalized spacial score (nSPS) is 31.5. The number of hydrogen-bond acceptors (Lipinski definition) is 1. The highest BCUT2D eigenvalue weighted by Gasteiger charge is 2.49. The fraction of sp³-hybridized carbons (Fsp3) is 0.200. The molecule has 0 fully saturated rings. The highest BCUT2D eigenvalue weighted by Crippen LogP contribution is 2.37. The Morgan fingerprint density at radius 1 is 1.08 bits per heavy atom. The Labute approximate surface area is 66.7 Å². The molecule has 1 N–H and O–H groups in total. The molecule has 68 valence electrons. The Balaban J connectivity index is 3.18. The van der Waals surface area contributed by atoms with Gasteiger partial charge >= 0.3 is 10.7 Å². The van der Waals surface area contributed by atoms with Gasteiger partial charge in [0.2, 0.25) is 17.5 Å². The molecule has 0 aromatic carbocycles. The first-order chi connectivity index (χ1) is 5.46. The van der Waals surface area contributed by atoms with Gasteiger partial charge in [0.1, 0.15) is 0 Å². The molecule has 7 heteroatoms. The summed E-state index contributed by atoms with van der Waals surface area (Å²) in [6.07, 6.45) is 0. The largest absolute Gasteiger partial charge is 0.378 e. The van der Waals surface area contributed by atoms with Crippen molar-refractivity contribution >= 4 is 11.2 Å². The SMILES string of the molecule is O[S+]1C(F)=C(F)C(F)=C(F)C1F. The molecule has 0 aliphatic carbocycles. The maximum absolute atomic E-state index is 12.3. The second kappa shape index (κ2) is 3.06. The minimum Gasteiger partial charge on any atom is -0.200 e. The van der Waals surface area contributed by atoms with Crippen LogP contribution in [0.15, 0.2) is 22.6 Å². The molecule has 1 aliphatic heterocycles. The highest BCUT2D eigenvalue weighted by molar-refractivity contribution is 7.95. The molecule has 0 aromatic rings. The maximum atomic E-state index is 12.3. The summed E-state index contributed by atoms with van der Waals surface area (Å²) in [6.45, 7) is 0. The predicted octanol–water partition coefficient (Wildman–Crippen LogP) is 2.65. The Morgan fingerprint density at radius 3 is 2.08 bits per heavy atom.